The largest absolute Gasteiger partial charge is 0.377 e. The first-order valence-electron chi connectivity index (χ1n) is 7.42. The highest BCUT2D eigenvalue weighted by molar-refractivity contribution is 5.75. The minimum Gasteiger partial charge on any atom is -0.377 e. The maximum atomic E-state index is 13.3. The lowest BCUT2D eigenvalue weighted by molar-refractivity contribution is -0.121. The molecule has 2 atom stereocenters. The maximum absolute atomic E-state index is 13.3. The van der Waals surface area contributed by atoms with Gasteiger partial charge in [-0.2, -0.15) is 0 Å². The highest BCUT2D eigenvalue weighted by Gasteiger charge is 2.07. The van der Waals surface area contributed by atoms with Gasteiger partial charge in [-0.25, -0.2) is 4.39 Å². The molecule has 0 aliphatic carbocycles. The number of ether oxygens (including phenoxy) is 3. The van der Waals surface area contributed by atoms with Crippen molar-refractivity contribution in [2.24, 2.45) is 0 Å². The van der Waals surface area contributed by atoms with Gasteiger partial charge in [0.2, 0.25) is 5.91 Å². The number of alkyl halides is 1. The highest BCUT2D eigenvalue weighted by Crippen LogP contribution is 1.92. The van der Waals surface area contributed by atoms with Crippen molar-refractivity contribution in [3.63, 3.8) is 0 Å². The summed E-state index contributed by atoms with van der Waals surface area (Å²) in [4.78, 5) is 10.9. The van der Waals surface area contributed by atoms with E-state index in [2.05, 4.69) is 10.6 Å². The number of hydrogen-bond acceptors (Lipinski definition) is 5. The minimum absolute atomic E-state index is 0.00920. The van der Waals surface area contributed by atoms with E-state index < -0.39 is 6.17 Å². The second-order valence-corrected chi connectivity index (χ2v) is 4.68. The molecule has 0 saturated carbocycles. The van der Waals surface area contributed by atoms with Gasteiger partial charge >= 0.3 is 0 Å². The highest BCUT2D eigenvalue weighted by atomic mass is 19.1. The third kappa shape index (κ3) is 14.0. The van der Waals surface area contributed by atoms with Crippen LogP contribution in [-0.4, -0.2) is 71.4 Å². The van der Waals surface area contributed by atoms with Crippen LogP contribution in [-0.2, 0) is 19.0 Å². The summed E-state index contributed by atoms with van der Waals surface area (Å²) in [6, 6.07) is 0. The fraction of sp³-hybridized carbons (Fsp3) is 0.929. The molecule has 126 valence electrons. The summed E-state index contributed by atoms with van der Waals surface area (Å²) in [6.07, 6.45) is -0.678. The molecular formula is C14H29FN2O4. The van der Waals surface area contributed by atoms with Gasteiger partial charge in [0.05, 0.1) is 45.7 Å². The van der Waals surface area contributed by atoms with Gasteiger partial charge in [0.25, 0.3) is 0 Å². The predicted molar refractivity (Wildman–Crippen MR) is 79.2 cm³/mol. The number of carbonyl (C=O) groups excluding carboxylic acids is 1. The quantitative estimate of drug-likeness (QED) is 0.458. The van der Waals surface area contributed by atoms with Crippen LogP contribution in [0.15, 0.2) is 0 Å². The molecule has 0 radical (unpaired) electrons. The molecule has 0 aromatic rings. The zero-order chi connectivity index (χ0) is 15.9. The Bertz CT molecular complexity index is 257. The molecule has 21 heavy (non-hydrogen) atoms. The maximum Gasteiger partial charge on any atom is 0.219 e. The Hall–Kier alpha value is -0.760. The molecule has 0 spiro atoms. The molecule has 6 nitrogen and oxygen atoms in total. The smallest absolute Gasteiger partial charge is 0.219 e. The zero-order valence-electron chi connectivity index (χ0n) is 13.3. The van der Waals surface area contributed by atoms with Gasteiger partial charge in [-0.1, -0.05) is 6.92 Å². The number of amides is 1. The van der Waals surface area contributed by atoms with Crippen LogP contribution >= 0.6 is 0 Å². The zero-order valence-corrected chi connectivity index (χ0v) is 13.3. The Morgan fingerprint density at radius 3 is 2.48 bits per heavy atom. The van der Waals surface area contributed by atoms with E-state index in [-0.39, 0.29) is 25.2 Å². The first kappa shape index (κ1) is 20.2. The second kappa shape index (κ2) is 14.2. The lowest BCUT2D eigenvalue weighted by Crippen LogP contribution is -2.32. The first-order chi connectivity index (χ1) is 10.1. The lowest BCUT2D eigenvalue weighted by Gasteiger charge is -2.13. The topological polar surface area (TPSA) is 68.8 Å². The van der Waals surface area contributed by atoms with E-state index in [1.807, 2.05) is 14.0 Å². The molecule has 0 rings (SSSR count). The molecular weight excluding hydrogens is 279 g/mol. The molecule has 0 aromatic carbocycles. The summed E-state index contributed by atoms with van der Waals surface area (Å²) in [5, 5.41) is 5.50. The summed E-state index contributed by atoms with van der Waals surface area (Å²) in [5.41, 5.74) is 0. The standard InChI is InChI=1S/C14H29FN2O4/c1-4-14(18)17-10-13(15)11-20-6-5-19-7-8-21-12(2)9-16-3/h12-13,16H,4-11H2,1-3H3,(H,17,18). The van der Waals surface area contributed by atoms with Crippen LogP contribution in [0.2, 0.25) is 0 Å². The SMILES string of the molecule is CCC(=O)NCC(F)COCCOCCOC(C)CNC. The van der Waals surface area contributed by atoms with Crippen molar-refractivity contribution in [3.8, 4) is 0 Å². The van der Waals surface area contributed by atoms with E-state index in [9.17, 15) is 9.18 Å². The van der Waals surface area contributed by atoms with Crippen molar-refractivity contribution in [1.29, 1.82) is 0 Å². The van der Waals surface area contributed by atoms with E-state index >= 15 is 0 Å². The average Bonchev–Trinajstić information content (AvgIpc) is 2.47. The van der Waals surface area contributed by atoms with Gasteiger partial charge in [0, 0.05) is 13.0 Å². The van der Waals surface area contributed by atoms with Crippen molar-refractivity contribution < 1.29 is 23.4 Å². The Morgan fingerprint density at radius 2 is 1.81 bits per heavy atom. The van der Waals surface area contributed by atoms with Crippen LogP contribution in [0, 0.1) is 0 Å². The molecule has 0 aliphatic heterocycles. The van der Waals surface area contributed by atoms with E-state index in [1.54, 1.807) is 6.92 Å². The number of carbonyl (C=O) groups is 1. The molecule has 0 bridgehead atoms. The Kier molecular flexibility index (Phi) is 13.7. The van der Waals surface area contributed by atoms with Gasteiger partial charge in [-0.05, 0) is 14.0 Å². The van der Waals surface area contributed by atoms with Gasteiger partial charge in [0.15, 0.2) is 0 Å². The lowest BCUT2D eigenvalue weighted by atomic mass is 10.4. The molecule has 0 saturated heterocycles. The number of likely N-dealkylation sites (N-methyl/N-ethyl adjacent to an activating group) is 1. The van der Waals surface area contributed by atoms with E-state index in [1.165, 1.54) is 0 Å². The Balaban J connectivity index is 3.26. The summed E-state index contributed by atoms with van der Waals surface area (Å²) in [6.45, 7) is 6.20. The monoisotopic (exact) mass is 308 g/mol. The van der Waals surface area contributed by atoms with Crippen LogP contribution in [0.4, 0.5) is 4.39 Å². The van der Waals surface area contributed by atoms with E-state index in [4.69, 9.17) is 14.2 Å². The van der Waals surface area contributed by atoms with Crippen LogP contribution in [0.25, 0.3) is 0 Å². The van der Waals surface area contributed by atoms with E-state index in [0.717, 1.165) is 6.54 Å². The van der Waals surface area contributed by atoms with Crippen molar-refractivity contribution in [2.75, 3.05) is 53.2 Å². The molecule has 1 amide bonds. The fourth-order valence-electron chi connectivity index (χ4n) is 1.49. The molecule has 0 aromatic heterocycles. The molecule has 0 aliphatic rings. The number of nitrogens with one attached hydrogen (secondary N) is 2. The van der Waals surface area contributed by atoms with E-state index in [0.29, 0.717) is 32.8 Å². The number of hydrogen-bond donors (Lipinski definition) is 2. The first-order valence-corrected chi connectivity index (χ1v) is 7.42. The third-order valence-electron chi connectivity index (χ3n) is 2.63. The van der Waals surface area contributed by atoms with Crippen molar-refractivity contribution in [2.45, 2.75) is 32.5 Å². The average molecular weight is 308 g/mol. The number of halogens is 1. The van der Waals surface area contributed by atoms with Gasteiger partial charge in [-0.3, -0.25) is 4.79 Å². The Labute approximate surface area is 126 Å². The minimum atomic E-state index is -1.19. The van der Waals surface area contributed by atoms with Gasteiger partial charge < -0.3 is 24.8 Å². The van der Waals surface area contributed by atoms with Gasteiger partial charge in [0.1, 0.15) is 6.17 Å². The summed E-state index contributed by atoms with van der Waals surface area (Å²) in [7, 11) is 1.87. The molecule has 0 fully saturated rings. The summed E-state index contributed by atoms with van der Waals surface area (Å²) >= 11 is 0. The predicted octanol–water partition coefficient (Wildman–Crippen LogP) is 0.508. The van der Waals surface area contributed by atoms with Gasteiger partial charge in [-0.15, -0.1) is 0 Å². The van der Waals surface area contributed by atoms with Crippen LogP contribution in [0.3, 0.4) is 0 Å². The van der Waals surface area contributed by atoms with Crippen molar-refractivity contribution in [1.82, 2.24) is 10.6 Å². The molecule has 2 N–H and O–H groups in total. The fourth-order valence-corrected chi connectivity index (χ4v) is 1.49. The Morgan fingerprint density at radius 1 is 1.14 bits per heavy atom. The second-order valence-electron chi connectivity index (χ2n) is 4.68. The van der Waals surface area contributed by atoms with Crippen LogP contribution < -0.4 is 10.6 Å². The molecule has 2 unspecified atom stereocenters. The van der Waals surface area contributed by atoms with Crippen LogP contribution in [0.5, 0.6) is 0 Å². The summed E-state index contributed by atoms with van der Waals surface area (Å²) in [5.74, 6) is -0.159. The molecule has 0 heterocycles. The van der Waals surface area contributed by atoms with Crippen LogP contribution in [0.1, 0.15) is 20.3 Å². The summed E-state index contributed by atoms with van der Waals surface area (Å²) < 4.78 is 29.2. The van der Waals surface area contributed by atoms with Crippen molar-refractivity contribution in [3.05, 3.63) is 0 Å². The third-order valence-corrected chi connectivity index (χ3v) is 2.63. The number of rotatable bonds is 14. The molecule has 7 heteroatoms. The van der Waals surface area contributed by atoms with Crippen molar-refractivity contribution >= 4 is 5.91 Å². The normalized spacial score (nSPS) is 13.9.